The Morgan fingerprint density at radius 3 is 2.02 bits per heavy atom. The lowest BCUT2D eigenvalue weighted by atomic mass is 10.0. The molecule has 0 heterocycles. The monoisotopic (exact) mass is 797 g/mol. The Morgan fingerprint density at radius 2 is 1.44 bits per heavy atom. The molecule has 2 amide bonds. The summed E-state index contributed by atoms with van der Waals surface area (Å²) in [7, 11) is -4.10. The van der Waals surface area contributed by atoms with Gasteiger partial charge in [-0.3, -0.25) is 4.79 Å². The fourth-order valence-electron chi connectivity index (χ4n) is 6.03. The molecule has 3 aromatic rings. The molecule has 302 valence electrons. The predicted molar refractivity (Wildman–Crippen MR) is 196 cm³/mol. The highest BCUT2D eigenvalue weighted by molar-refractivity contribution is 7.92. The van der Waals surface area contributed by atoms with Gasteiger partial charge in [-0.05, 0) is 60.1 Å². The molecule has 0 aromatic heterocycles. The zero-order chi connectivity index (χ0) is 40.8. The van der Waals surface area contributed by atoms with Gasteiger partial charge in [0.2, 0.25) is 5.91 Å². The van der Waals surface area contributed by atoms with E-state index in [0.717, 1.165) is 22.6 Å². The van der Waals surface area contributed by atoms with Crippen LogP contribution in [0.25, 0.3) is 0 Å². The summed E-state index contributed by atoms with van der Waals surface area (Å²) >= 11 is 0. The lowest BCUT2D eigenvalue weighted by molar-refractivity contribution is -0.206. The molecular weight excluding hydrogens is 750 g/mol. The minimum absolute atomic E-state index is 0.0729. The molecule has 0 bridgehead atoms. The van der Waals surface area contributed by atoms with E-state index in [-0.39, 0.29) is 31.6 Å². The molecule has 3 aromatic carbocycles. The maximum Gasteiger partial charge on any atom is 0.490 e. The summed E-state index contributed by atoms with van der Waals surface area (Å²) in [5, 5.41) is 1.49. The van der Waals surface area contributed by atoms with Crippen LogP contribution in [0.1, 0.15) is 68.7 Å². The number of hydrogen-bond acceptors (Lipinski definition) is 8. The van der Waals surface area contributed by atoms with E-state index in [1.165, 1.54) is 0 Å². The summed E-state index contributed by atoms with van der Waals surface area (Å²) < 4.78 is 107. The van der Waals surface area contributed by atoms with Crippen LogP contribution in [0.3, 0.4) is 0 Å². The number of hydrogen-bond donors (Lipinski definition) is 2. The summed E-state index contributed by atoms with van der Waals surface area (Å²) in [5.41, 5.74) is 8.10. The van der Waals surface area contributed by atoms with Gasteiger partial charge in [-0.2, -0.15) is 13.2 Å². The molecule has 0 spiro atoms. The third kappa shape index (κ3) is 14.5. The SMILES string of the molecule is CCCC(CCC)S(=O)(=O)C[C@@H](NC(=O)OCc1ccccc1)C(=O)N(Cc1cccc(CC)c1)C[C@@H](OC(=O)C(F)(F)F)[C@@H](N)Cc1cc(F)cc(F)c1. The molecule has 0 aliphatic heterocycles. The van der Waals surface area contributed by atoms with Crippen LogP contribution in [-0.4, -0.2) is 73.2 Å². The lowest BCUT2D eigenvalue weighted by Gasteiger charge is -2.33. The Kier molecular flexibility index (Phi) is 17.1. The van der Waals surface area contributed by atoms with Gasteiger partial charge in [0.05, 0.1) is 17.5 Å². The second-order valence-electron chi connectivity index (χ2n) is 13.3. The van der Waals surface area contributed by atoms with Crippen molar-refractivity contribution in [2.75, 3.05) is 12.3 Å². The van der Waals surface area contributed by atoms with Gasteiger partial charge in [0, 0.05) is 18.7 Å². The van der Waals surface area contributed by atoms with Crippen LogP contribution < -0.4 is 11.1 Å². The molecule has 0 saturated carbocycles. The van der Waals surface area contributed by atoms with E-state index in [1.54, 1.807) is 68.4 Å². The van der Waals surface area contributed by atoms with Crippen molar-refractivity contribution in [3.05, 3.63) is 107 Å². The van der Waals surface area contributed by atoms with Crippen LogP contribution in [-0.2, 0) is 54.9 Å². The molecule has 10 nitrogen and oxygen atoms in total. The van der Waals surface area contributed by atoms with Gasteiger partial charge in [-0.1, -0.05) is 88.2 Å². The van der Waals surface area contributed by atoms with Crippen molar-refractivity contribution < 1.29 is 54.2 Å². The Balaban J connectivity index is 2.09. The number of benzene rings is 3. The summed E-state index contributed by atoms with van der Waals surface area (Å²) in [5.74, 6) is -6.55. The highest BCUT2D eigenvalue weighted by Crippen LogP contribution is 2.23. The summed E-state index contributed by atoms with van der Waals surface area (Å²) in [4.78, 5) is 40.9. The molecule has 0 saturated heterocycles. The number of ether oxygens (including phenoxy) is 2. The first-order valence-electron chi connectivity index (χ1n) is 18.0. The standard InChI is InChI=1S/C39H48F5N3O7S/c1-4-11-32(12-5-2)55(51,52)25-34(46-38(50)53-24-27-13-8-7-9-14-27)36(48)47(22-28-16-10-15-26(6-3)17-28)23-35(54-37(49)39(42,43)44)33(45)20-29-18-30(40)21-31(41)19-29/h7-10,13-19,21,32-35H,4-6,11-12,20,22-25,45H2,1-3H3,(H,46,50)/t33-,34+,35+/m0/s1. The maximum absolute atomic E-state index is 14.6. The van der Waals surface area contributed by atoms with E-state index in [0.29, 0.717) is 36.5 Å². The normalized spacial score (nSPS) is 13.5. The van der Waals surface area contributed by atoms with Crippen molar-refractivity contribution in [2.45, 2.75) is 102 Å². The molecule has 16 heteroatoms. The fraction of sp³-hybridized carbons (Fsp3) is 0.462. The van der Waals surface area contributed by atoms with Crippen LogP contribution in [0.4, 0.5) is 26.7 Å². The van der Waals surface area contributed by atoms with Gasteiger partial charge in [-0.15, -0.1) is 0 Å². The van der Waals surface area contributed by atoms with Gasteiger partial charge in [0.1, 0.15) is 30.4 Å². The number of carbonyl (C=O) groups excluding carboxylic acids is 3. The summed E-state index contributed by atoms with van der Waals surface area (Å²) in [6.07, 6.45) is -6.91. The number of halogens is 5. The number of sulfone groups is 1. The predicted octanol–water partition coefficient (Wildman–Crippen LogP) is 6.58. The van der Waals surface area contributed by atoms with Crippen molar-refractivity contribution in [2.24, 2.45) is 5.73 Å². The Hall–Kier alpha value is -4.57. The van der Waals surface area contributed by atoms with Crippen molar-refractivity contribution >= 4 is 27.8 Å². The molecule has 0 fully saturated rings. The van der Waals surface area contributed by atoms with Crippen LogP contribution in [0, 0.1) is 11.6 Å². The van der Waals surface area contributed by atoms with Crippen molar-refractivity contribution in [3.63, 3.8) is 0 Å². The smallest absolute Gasteiger partial charge is 0.452 e. The largest absolute Gasteiger partial charge is 0.490 e. The number of nitrogens with two attached hydrogens (primary N) is 1. The molecule has 0 aliphatic carbocycles. The first-order valence-corrected chi connectivity index (χ1v) is 19.7. The lowest BCUT2D eigenvalue weighted by Crippen LogP contribution is -2.56. The third-order valence-electron chi connectivity index (χ3n) is 8.78. The topological polar surface area (TPSA) is 145 Å². The fourth-order valence-corrected chi connectivity index (χ4v) is 8.18. The number of rotatable bonds is 20. The Morgan fingerprint density at radius 1 is 0.836 bits per heavy atom. The van der Waals surface area contributed by atoms with Gasteiger partial charge in [-0.25, -0.2) is 26.8 Å². The first kappa shape index (κ1) is 44.8. The second kappa shape index (κ2) is 20.9. The van der Waals surface area contributed by atoms with Crippen molar-refractivity contribution in [3.8, 4) is 0 Å². The zero-order valence-electron chi connectivity index (χ0n) is 31.0. The summed E-state index contributed by atoms with van der Waals surface area (Å²) in [6, 6.07) is 14.4. The number of carbonyl (C=O) groups is 3. The van der Waals surface area contributed by atoms with Gasteiger partial charge < -0.3 is 25.4 Å². The molecule has 0 unspecified atom stereocenters. The Labute approximate surface area is 318 Å². The average Bonchev–Trinajstić information content (AvgIpc) is 3.12. The van der Waals surface area contributed by atoms with Crippen LogP contribution in [0.15, 0.2) is 72.8 Å². The van der Waals surface area contributed by atoms with E-state index in [9.17, 15) is 44.8 Å². The number of alkyl carbamates (subject to hydrolysis) is 1. The number of aryl methyl sites for hydroxylation is 1. The van der Waals surface area contributed by atoms with Crippen molar-refractivity contribution in [1.29, 1.82) is 0 Å². The zero-order valence-corrected chi connectivity index (χ0v) is 31.8. The van der Waals surface area contributed by atoms with Crippen LogP contribution in [0.2, 0.25) is 0 Å². The van der Waals surface area contributed by atoms with Crippen LogP contribution >= 0.6 is 0 Å². The number of esters is 1. The second-order valence-corrected chi connectivity index (χ2v) is 15.6. The molecule has 55 heavy (non-hydrogen) atoms. The summed E-state index contributed by atoms with van der Waals surface area (Å²) in [6.45, 7) is 4.07. The molecular formula is C39H48F5N3O7S. The van der Waals surface area contributed by atoms with E-state index in [4.69, 9.17) is 15.2 Å². The highest BCUT2D eigenvalue weighted by atomic mass is 32.2. The minimum atomic E-state index is -5.48. The third-order valence-corrected chi connectivity index (χ3v) is 11.1. The van der Waals surface area contributed by atoms with E-state index in [2.05, 4.69) is 5.32 Å². The van der Waals surface area contributed by atoms with E-state index in [1.807, 2.05) is 6.92 Å². The highest BCUT2D eigenvalue weighted by Gasteiger charge is 2.44. The van der Waals surface area contributed by atoms with E-state index >= 15 is 0 Å². The number of nitrogens with zero attached hydrogens (tertiary/aromatic N) is 1. The average molecular weight is 798 g/mol. The van der Waals surface area contributed by atoms with Gasteiger partial charge >= 0.3 is 18.2 Å². The first-order chi connectivity index (χ1) is 25.9. The molecule has 3 atom stereocenters. The van der Waals surface area contributed by atoms with Gasteiger partial charge in [0.15, 0.2) is 9.84 Å². The number of amides is 2. The molecule has 3 rings (SSSR count). The number of nitrogens with one attached hydrogen (secondary N) is 1. The molecule has 0 radical (unpaired) electrons. The maximum atomic E-state index is 14.6. The van der Waals surface area contributed by atoms with E-state index < -0.39 is 87.8 Å². The number of alkyl halides is 3. The quantitative estimate of drug-likeness (QED) is 0.0965. The van der Waals surface area contributed by atoms with Crippen LogP contribution in [0.5, 0.6) is 0 Å². The minimum Gasteiger partial charge on any atom is -0.452 e. The molecule has 0 aliphatic rings. The Bertz CT molecular complexity index is 1800. The van der Waals surface area contributed by atoms with Gasteiger partial charge in [0.25, 0.3) is 0 Å². The van der Waals surface area contributed by atoms with Crippen molar-refractivity contribution in [1.82, 2.24) is 10.2 Å². The molecule has 3 N–H and O–H groups in total.